The third-order valence-electron chi connectivity index (χ3n) is 7.19. The molecule has 2 aromatic heterocycles. The topological polar surface area (TPSA) is 129 Å². The second kappa shape index (κ2) is 10.8. The largest absolute Gasteiger partial charge is 0.344 e. The van der Waals surface area contributed by atoms with Crippen LogP contribution >= 0.6 is 0 Å². The molecule has 0 bridgehead atoms. The van der Waals surface area contributed by atoms with E-state index in [1.165, 1.54) is 4.90 Å². The van der Waals surface area contributed by atoms with Gasteiger partial charge in [0, 0.05) is 37.8 Å². The average molecular weight is 499 g/mol. The van der Waals surface area contributed by atoms with Crippen LogP contribution in [0.1, 0.15) is 85.9 Å². The Morgan fingerprint density at radius 3 is 2.64 bits per heavy atom. The number of aromatic nitrogens is 5. The molecule has 2 N–H and O–H groups in total. The van der Waals surface area contributed by atoms with Crippen LogP contribution in [0, 0.1) is 12.8 Å². The van der Waals surface area contributed by atoms with Crippen LogP contribution in [0.25, 0.3) is 0 Å². The summed E-state index contributed by atoms with van der Waals surface area (Å²) in [4.78, 5) is 47.4. The summed E-state index contributed by atoms with van der Waals surface area (Å²) in [6.07, 6.45) is 4.21. The van der Waals surface area contributed by atoms with E-state index in [0.717, 1.165) is 30.5 Å². The van der Waals surface area contributed by atoms with Crippen LogP contribution in [-0.2, 0) is 29.0 Å². The van der Waals surface area contributed by atoms with Crippen LogP contribution in [0.3, 0.4) is 0 Å². The van der Waals surface area contributed by atoms with Crippen LogP contribution in [0.5, 0.6) is 0 Å². The fourth-order valence-electron chi connectivity index (χ4n) is 5.05. The maximum absolute atomic E-state index is 13.6. The molecular formula is C25H38N8O3. The highest BCUT2D eigenvalue weighted by Gasteiger charge is 2.30. The Bertz CT molecular complexity index is 1120. The number of hydrogen-bond donors (Lipinski definition) is 2. The van der Waals surface area contributed by atoms with E-state index in [-0.39, 0.29) is 30.2 Å². The lowest BCUT2D eigenvalue weighted by Gasteiger charge is -2.29. The van der Waals surface area contributed by atoms with Gasteiger partial charge in [-0.1, -0.05) is 13.8 Å². The first-order valence-corrected chi connectivity index (χ1v) is 13.0. The molecule has 1 aliphatic heterocycles. The summed E-state index contributed by atoms with van der Waals surface area (Å²) in [5.74, 6) is 1.11. The van der Waals surface area contributed by atoms with Crippen molar-refractivity contribution in [2.45, 2.75) is 84.8 Å². The van der Waals surface area contributed by atoms with Crippen LogP contribution in [0.4, 0.5) is 0 Å². The number of amides is 3. The number of nitrogens with one attached hydrogen (secondary N) is 2. The van der Waals surface area contributed by atoms with Gasteiger partial charge in [0.05, 0.1) is 12.6 Å². The Morgan fingerprint density at radius 1 is 1.11 bits per heavy atom. The number of hydrogen-bond acceptors (Lipinski definition) is 6. The van der Waals surface area contributed by atoms with Gasteiger partial charge in [-0.05, 0) is 51.9 Å². The standard InChI is InChI=1S/C25H38N8O3/c1-15(2)14-20-23-26-17(4)30-33(23)13-12-32(25(36)22-18-8-6-9-19(18)28-29-22)11-7-10-21(34)31(5)16(3)24(35)27-20/h15-16,20H,6-14H2,1-5H3,(H,27,35)(H,28,29)/t16-,20+/m0/s1. The molecule has 0 saturated carbocycles. The number of aryl methyl sites for hydroxylation is 2. The highest BCUT2D eigenvalue weighted by Crippen LogP contribution is 2.25. The Balaban J connectivity index is 1.65. The lowest BCUT2D eigenvalue weighted by atomic mass is 10.0. The summed E-state index contributed by atoms with van der Waals surface area (Å²) < 4.78 is 1.81. The number of likely N-dealkylation sites (N-methyl/N-ethyl adjacent to an activating group) is 1. The van der Waals surface area contributed by atoms with Gasteiger partial charge in [0.2, 0.25) is 11.8 Å². The van der Waals surface area contributed by atoms with Gasteiger partial charge in [-0.15, -0.1) is 0 Å². The monoisotopic (exact) mass is 498 g/mol. The van der Waals surface area contributed by atoms with Gasteiger partial charge in [-0.25, -0.2) is 9.67 Å². The predicted octanol–water partition coefficient (Wildman–Crippen LogP) is 1.78. The van der Waals surface area contributed by atoms with Crippen molar-refractivity contribution < 1.29 is 14.4 Å². The molecule has 0 aromatic carbocycles. The van der Waals surface area contributed by atoms with Crippen molar-refractivity contribution >= 4 is 17.7 Å². The number of fused-ring (bicyclic) bond motifs is 2. The molecule has 4 rings (SSSR count). The smallest absolute Gasteiger partial charge is 0.274 e. The van der Waals surface area contributed by atoms with Gasteiger partial charge >= 0.3 is 0 Å². The minimum atomic E-state index is -0.628. The lowest BCUT2D eigenvalue weighted by molar-refractivity contribution is -0.138. The van der Waals surface area contributed by atoms with E-state index >= 15 is 0 Å². The molecule has 0 fully saturated rings. The van der Waals surface area contributed by atoms with Gasteiger partial charge in [0.15, 0.2) is 5.69 Å². The second-order valence-corrected chi connectivity index (χ2v) is 10.4. The van der Waals surface area contributed by atoms with Crippen LogP contribution in [-0.4, -0.2) is 78.7 Å². The van der Waals surface area contributed by atoms with Gasteiger partial charge in [-0.2, -0.15) is 10.2 Å². The fraction of sp³-hybridized carbons (Fsp3) is 0.680. The van der Waals surface area contributed by atoms with E-state index in [1.807, 2.05) is 11.6 Å². The maximum atomic E-state index is 13.6. The minimum Gasteiger partial charge on any atom is -0.344 e. The summed E-state index contributed by atoms with van der Waals surface area (Å²) in [7, 11) is 1.65. The minimum absolute atomic E-state index is 0.123. The maximum Gasteiger partial charge on any atom is 0.274 e. The molecule has 2 atom stereocenters. The highest BCUT2D eigenvalue weighted by atomic mass is 16.2. The molecule has 11 nitrogen and oxygen atoms in total. The number of carbonyl (C=O) groups is 3. The Kier molecular flexibility index (Phi) is 7.75. The summed E-state index contributed by atoms with van der Waals surface area (Å²) >= 11 is 0. The highest BCUT2D eigenvalue weighted by molar-refractivity contribution is 5.94. The molecule has 2 aromatic rings. The quantitative estimate of drug-likeness (QED) is 0.664. The summed E-state index contributed by atoms with van der Waals surface area (Å²) in [6.45, 7) is 8.99. The van der Waals surface area contributed by atoms with Crippen LogP contribution in [0.2, 0.25) is 0 Å². The third-order valence-corrected chi connectivity index (χ3v) is 7.19. The van der Waals surface area contributed by atoms with Gasteiger partial charge in [0.25, 0.3) is 5.91 Å². The summed E-state index contributed by atoms with van der Waals surface area (Å²) in [5, 5.41) is 15.1. The van der Waals surface area contributed by atoms with E-state index in [1.54, 1.807) is 18.9 Å². The molecule has 196 valence electrons. The molecule has 1 aliphatic carbocycles. The average Bonchev–Trinajstić information content (AvgIpc) is 3.54. The van der Waals surface area contributed by atoms with Gasteiger partial charge in [-0.3, -0.25) is 19.5 Å². The molecule has 0 radical (unpaired) electrons. The van der Waals surface area contributed by atoms with E-state index in [9.17, 15) is 14.4 Å². The van der Waals surface area contributed by atoms with Crippen molar-refractivity contribution in [1.29, 1.82) is 0 Å². The van der Waals surface area contributed by atoms with E-state index in [0.29, 0.717) is 55.7 Å². The van der Waals surface area contributed by atoms with Crippen molar-refractivity contribution in [2.75, 3.05) is 20.1 Å². The first-order valence-electron chi connectivity index (χ1n) is 13.0. The van der Waals surface area contributed by atoms with E-state index < -0.39 is 6.04 Å². The van der Waals surface area contributed by atoms with E-state index in [2.05, 4.69) is 39.4 Å². The molecule has 3 heterocycles. The molecule has 36 heavy (non-hydrogen) atoms. The number of carbonyl (C=O) groups excluding carboxylic acids is 3. The van der Waals surface area contributed by atoms with Gasteiger partial charge < -0.3 is 15.1 Å². The SMILES string of the molecule is Cc1nc2n(n1)CCN(C(=O)c1n[nH]c3c1CCC3)CCCC(=O)N(C)[C@@H](C)C(=O)N[C@@H]2CC(C)C. The van der Waals surface area contributed by atoms with Crippen LogP contribution < -0.4 is 5.32 Å². The number of nitrogens with zero attached hydrogens (tertiary/aromatic N) is 6. The van der Waals surface area contributed by atoms with Crippen molar-refractivity contribution in [2.24, 2.45) is 5.92 Å². The molecule has 0 saturated heterocycles. The summed E-state index contributed by atoms with van der Waals surface area (Å²) in [5.41, 5.74) is 2.55. The Hall–Kier alpha value is -3.24. The van der Waals surface area contributed by atoms with Crippen molar-refractivity contribution in [1.82, 2.24) is 40.1 Å². The first-order chi connectivity index (χ1) is 17.2. The zero-order valence-electron chi connectivity index (χ0n) is 22.0. The van der Waals surface area contributed by atoms with Crippen molar-refractivity contribution in [3.8, 4) is 0 Å². The van der Waals surface area contributed by atoms with E-state index in [4.69, 9.17) is 0 Å². The lowest BCUT2D eigenvalue weighted by Crippen LogP contribution is -2.47. The zero-order valence-corrected chi connectivity index (χ0v) is 22.0. The van der Waals surface area contributed by atoms with Crippen LogP contribution in [0.15, 0.2) is 0 Å². The molecule has 2 aliphatic rings. The Morgan fingerprint density at radius 2 is 1.89 bits per heavy atom. The first kappa shape index (κ1) is 25.8. The normalized spacial score (nSPS) is 21.8. The number of H-pyrrole nitrogens is 1. The summed E-state index contributed by atoms with van der Waals surface area (Å²) in [6, 6.07) is -0.983. The number of aromatic amines is 1. The van der Waals surface area contributed by atoms with Crippen molar-refractivity contribution in [3.05, 3.63) is 28.6 Å². The Labute approximate surface area is 212 Å². The molecule has 0 unspecified atom stereocenters. The van der Waals surface area contributed by atoms with Crippen molar-refractivity contribution in [3.63, 3.8) is 0 Å². The molecule has 0 spiro atoms. The van der Waals surface area contributed by atoms with Gasteiger partial charge in [0.1, 0.15) is 17.7 Å². The zero-order chi connectivity index (χ0) is 26.0. The predicted molar refractivity (Wildman–Crippen MR) is 133 cm³/mol. The third kappa shape index (κ3) is 5.44. The second-order valence-electron chi connectivity index (χ2n) is 10.4. The fourth-order valence-corrected chi connectivity index (χ4v) is 5.05. The molecular weight excluding hydrogens is 460 g/mol. The molecule has 11 heteroatoms. The number of rotatable bonds is 3. The molecule has 3 amide bonds.